The fourth-order valence-corrected chi connectivity index (χ4v) is 3.95. The number of nitrogens with one attached hydrogen (secondary N) is 2. The number of hydrogen-bond donors (Lipinski definition) is 2. The Morgan fingerprint density at radius 3 is 2.61 bits per heavy atom. The molecule has 0 aliphatic carbocycles. The van der Waals surface area contributed by atoms with Crippen molar-refractivity contribution in [3.05, 3.63) is 52.4 Å². The Bertz CT molecular complexity index is 812. The molecule has 1 aliphatic rings. The van der Waals surface area contributed by atoms with Gasteiger partial charge in [0.1, 0.15) is 5.76 Å². The van der Waals surface area contributed by atoms with E-state index in [4.69, 9.17) is 9.26 Å². The molecule has 2 aromatic rings. The zero-order valence-electron chi connectivity index (χ0n) is 19.1. The van der Waals surface area contributed by atoms with Crippen LogP contribution in [0.5, 0.6) is 0 Å². The molecule has 172 valence electrons. The van der Waals surface area contributed by atoms with Crippen LogP contribution in [-0.4, -0.2) is 55.9 Å². The molecular weight excluding hydrogens is 505 g/mol. The van der Waals surface area contributed by atoms with Gasteiger partial charge in [-0.15, -0.1) is 24.0 Å². The van der Waals surface area contributed by atoms with Gasteiger partial charge in [0, 0.05) is 45.2 Å². The largest absolute Gasteiger partial charge is 0.379 e. The van der Waals surface area contributed by atoms with Gasteiger partial charge in [-0.2, -0.15) is 0 Å². The van der Waals surface area contributed by atoms with Crippen molar-refractivity contribution in [2.24, 2.45) is 4.99 Å². The second-order valence-electron chi connectivity index (χ2n) is 7.62. The number of rotatable bonds is 8. The van der Waals surface area contributed by atoms with Crippen molar-refractivity contribution in [1.82, 2.24) is 20.7 Å². The number of halogens is 1. The maximum absolute atomic E-state index is 5.57. The number of ether oxygens (including phenoxy) is 1. The number of morpholine rings is 1. The SMILES string of the molecule is CCc1noc(CC)c1CNC(=NC)NCC(c1cccc(C)c1)N1CCOCC1.I. The predicted octanol–water partition coefficient (Wildman–Crippen LogP) is 3.46. The van der Waals surface area contributed by atoms with Crippen molar-refractivity contribution >= 4 is 29.9 Å². The van der Waals surface area contributed by atoms with Crippen molar-refractivity contribution in [2.45, 2.75) is 46.2 Å². The van der Waals surface area contributed by atoms with E-state index in [1.807, 2.05) is 0 Å². The van der Waals surface area contributed by atoms with E-state index in [0.29, 0.717) is 6.54 Å². The number of guanidine groups is 1. The molecule has 1 aliphatic heterocycles. The van der Waals surface area contributed by atoms with Gasteiger partial charge >= 0.3 is 0 Å². The minimum absolute atomic E-state index is 0. The van der Waals surface area contributed by atoms with Crippen LogP contribution in [0.15, 0.2) is 33.8 Å². The lowest BCUT2D eigenvalue weighted by molar-refractivity contribution is 0.0170. The smallest absolute Gasteiger partial charge is 0.191 e. The molecule has 31 heavy (non-hydrogen) atoms. The van der Waals surface area contributed by atoms with Crippen molar-refractivity contribution in [3.63, 3.8) is 0 Å². The highest BCUT2D eigenvalue weighted by Crippen LogP contribution is 2.22. The first-order chi connectivity index (χ1) is 14.7. The van der Waals surface area contributed by atoms with Crippen LogP contribution in [0.3, 0.4) is 0 Å². The van der Waals surface area contributed by atoms with Gasteiger partial charge in [-0.05, 0) is 18.9 Å². The Morgan fingerprint density at radius 2 is 1.97 bits per heavy atom. The molecule has 1 saturated heterocycles. The van der Waals surface area contributed by atoms with Gasteiger partial charge in [-0.3, -0.25) is 9.89 Å². The van der Waals surface area contributed by atoms with Gasteiger partial charge in [0.05, 0.1) is 24.9 Å². The maximum atomic E-state index is 5.57. The Balaban J connectivity index is 0.00000341. The Labute approximate surface area is 203 Å². The van der Waals surface area contributed by atoms with Gasteiger partial charge < -0.3 is 19.9 Å². The highest BCUT2D eigenvalue weighted by molar-refractivity contribution is 14.0. The minimum Gasteiger partial charge on any atom is -0.379 e. The zero-order chi connectivity index (χ0) is 21.3. The summed E-state index contributed by atoms with van der Waals surface area (Å²) in [5.74, 6) is 1.73. The van der Waals surface area contributed by atoms with Gasteiger partial charge in [0.15, 0.2) is 5.96 Å². The van der Waals surface area contributed by atoms with E-state index in [2.05, 4.69) is 70.7 Å². The number of aromatic nitrogens is 1. The standard InChI is InChI=1S/C23H35N5O2.HI/c1-5-20-19(22(6-2)30-27-20)15-25-23(24-4)26-16-21(28-10-12-29-13-11-28)18-9-7-8-17(3)14-18;/h7-9,14,21H,5-6,10-13,15-16H2,1-4H3,(H2,24,25,26);1H. The third-order valence-corrected chi connectivity index (χ3v) is 5.64. The molecule has 1 atom stereocenters. The molecule has 3 rings (SSSR count). The summed E-state index contributed by atoms with van der Waals surface area (Å²) in [6.45, 7) is 11.2. The second kappa shape index (κ2) is 13.0. The lowest BCUT2D eigenvalue weighted by Gasteiger charge is -2.35. The van der Waals surface area contributed by atoms with E-state index in [1.165, 1.54) is 11.1 Å². The van der Waals surface area contributed by atoms with Crippen LogP contribution in [0.1, 0.15) is 48.0 Å². The van der Waals surface area contributed by atoms with E-state index in [1.54, 1.807) is 7.05 Å². The average Bonchev–Trinajstić information content (AvgIpc) is 3.18. The normalized spacial score (nSPS) is 15.9. The molecule has 8 heteroatoms. The molecule has 1 aromatic carbocycles. The highest BCUT2D eigenvalue weighted by Gasteiger charge is 2.23. The van der Waals surface area contributed by atoms with Gasteiger partial charge in [-0.1, -0.05) is 48.8 Å². The lowest BCUT2D eigenvalue weighted by Crippen LogP contribution is -2.46. The van der Waals surface area contributed by atoms with Crippen LogP contribution in [0.4, 0.5) is 0 Å². The molecule has 7 nitrogen and oxygen atoms in total. The summed E-state index contributed by atoms with van der Waals surface area (Å²) in [6, 6.07) is 9.03. The van der Waals surface area contributed by atoms with Gasteiger partial charge in [0.2, 0.25) is 0 Å². The Kier molecular flexibility index (Phi) is 10.8. The van der Waals surface area contributed by atoms with Crippen molar-refractivity contribution in [2.75, 3.05) is 39.9 Å². The molecule has 0 saturated carbocycles. The third-order valence-electron chi connectivity index (χ3n) is 5.64. The number of aryl methyl sites for hydroxylation is 3. The van der Waals surface area contributed by atoms with E-state index in [0.717, 1.165) is 68.7 Å². The minimum atomic E-state index is 0. The second-order valence-corrected chi connectivity index (χ2v) is 7.62. The zero-order valence-corrected chi connectivity index (χ0v) is 21.4. The Hall–Kier alpha value is -1.65. The fraction of sp³-hybridized carbons (Fsp3) is 0.565. The number of nitrogens with zero attached hydrogens (tertiary/aromatic N) is 3. The molecule has 0 bridgehead atoms. The first-order valence-electron chi connectivity index (χ1n) is 10.9. The summed E-state index contributed by atoms with van der Waals surface area (Å²) in [5.41, 5.74) is 4.76. The summed E-state index contributed by atoms with van der Waals surface area (Å²) in [6.07, 6.45) is 1.70. The lowest BCUT2D eigenvalue weighted by atomic mass is 10.0. The third kappa shape index (κ3) is 6.92. The summed E-state index contributed by atoms with van der Waals surface area (Å²) < 4.78 is 11.0. The van der Waals surface area contributed by atoms with Gasteiger partial charge in [0.25, 0.3) is 0 Å². The van der Waals surface area contributed by atoms with Crippen LogP contribution in [0, 0.1) is 6.92 Å². The van der Waals surface area contributed by atoms with Crippen LogP contribution in [0.2, 0.25) is 0 Å². The number of benzene rings is 1. The average molecular weight is 541 g/mol. The number of hydrogen-bond acceptors (Lipinski definition) is 5. The molecular formula is C23H36IN5O2. The molecule has 0 spiro atoms. The molecule has 2 heterocycles. The Morgan fingerprint density at radius 1 is 1.19 bits per heavy atom. The van der Waals surface area contributed by atoms with Crippen molar-refractivity contribution < 1.29 is 9.26 Å². The van der Waals surface area contributed by atoms with E-state index < -0.39 is 0 Å². The fourth-order valence-electron chi connectivity index (χ4n) is 3.95. The van der Waals surface area contributed by atoms with E-state index in [-0.39, 0.29) is 30.0 Å². The molecule has 1 fully saturated rings. The summed E-state index contributed by atoms with van der Waals surface area (Å²) in [4.78, 5) is 6.92. The van der Waals surface area contributed by atoms with Crippen LogP contribution in [-0.2, 0) is 24.1 Å². The van der Waals surface area contributed by atoms with Crippen LogP contribution >= 0.6 is 24.0 Å². The maximum Gasteiger partial charge on any atom is 0.191 e. The predicted molar refractivity (Wildman–Crippen MR) is 135 cm³/mol. The summed E-state index contributed by atoms with van der Waals surface area (Å²) in [5, 5.41) is 11.2. The summed E-state index contributed by atoms with van der Waals surface area (Å²) >= 11 is 0. The molecule has 0 radical (unpaired) electrons. The molecule has 1 unspecified atom stereocenters. The van der Waals surface area contributed by atoms with E-state index in [9.17, 15) is 0 Å². The highest BCUT2D eigenvalue weighted by atomic mass is 127. The van der Waals surface area contributed by atoms with Crippen LogP contribution in [0.25, 0.3) is 0 Å². The first kappa shape index (κ1) is 25.6. The topological polar surface area (TPSA) is 74.9 Å². The van der Waals surface area contributed by atoms with Crippen molar-refractivity contribution in [1.29, 1.82) is 0 Å². The quantitative estimate of drug-likeness (QED) is 0.303. The number of aliphatic imine (C=N–C) groups is 1. The summed E-state index contributed by atoms with van der Waals surface area (Å²) in [7, 11) is 1.81. The van der Waals surface area contributed by atoms with Crippen LogP contribution < -0.4 is 10.6 Å². The molecule has 1 aromatic heterocycles. The monoisotopic (exact) mass is 541 g/mol. The van der Waals surface area contributed by atoms with E-state index >= 15 is 0 Å². The molecule has 0 amide bonds. The first-order valence-corrected chi connectivity index (χ1v) is 10.9. The van der Waals surface area contributed by atoms with Gasteiger partial charge in [-0.25, -0.2) is 0 Å². The molecule has 2 N–H and O–H groups in total. The van der Waals surface area contributed by atoms with Crippen molar-refractivity contribution in [3.8, 4) is 0 Å².